The Morgan fingerprint density at radius 2 is 2.16 bits per heavy atom. The molecule has 0 aliphatic carbocycles. The number of likely N-dealkylation sites (tertiary alicyclic amines) is 1. The van der Waals surface area contributed by atoms with Crippen LogP contribution in [0, 0.1) is 23.7 Å². The molecule has 1 amide bonds. The largest absolute Gasteiger partial charge is 0.489 e. The van der Waals surface area contributed by atoms with Gasteiger partial charge in [0.1, 0.15) is 29.7 Å². The second-order valence-electron chi connectivity index (χ2n) is 7.61. The maximum atomic E-state index is 11.9. The summed E-state index contributed by atoms with van der Waals surface area (Å²) in [6, 6.07) is 9.63. The minimum Gasteiger partial charge on any atom is -0.489 e. The highest BCUT2D eigenvalue weighted by Crippen LogP contribution is 2.32. The van der Waals surface area contributed by atoms with E-state index in [1.54, 1.807) is 23.2 Å². The van der Waals surface area contributed by atoms with E-state index in [9.17, 15) is 15.2 Å². The van der Waals surface area contributed by atoms with Crippen molar-refractivity contribution in [1.82, 2.24) is 14.9 Å². The number of ether oxygens (including phenoxy) is 1. The van der Waals surface area contributed by atoms with Crippen molar-refractivity contribution in [2.75, 3.05) is 13.1 Å². The molecular weight excluding hydrogens is 392 g/mol. The van der Waals surface area contributed by atoms with Gasteiger partial charge in [0.05, 0.1) is 5.56 Å². The van der Waals surface area contributed by atoms with Crippen LogP contribution >= 0.6 is 0 Å². The van der Waals surface area contributed by atoms with Crippen LogP contribution in [0.1, 0.15) is 30.9 Å². The van der Waals surface area contributed by atoms with Gasteiger partial charge in [0.2, 0.25) is 0 Å². The normalized spacial score (nSPS) is 15.3. The molecule has 0 spiro atoms. The number of H-pyrrole nitrogens is 1. The Morgan fingerprint density at radius 3 is 2.84 bits per heavy atom. The zero-order valence-corrected chi connectivity index (χ0v) is 17.1. The average molecular weight is 414 g/mol. The third kappa shape index (κ3) is 4.09. The summed E-state index contributed by atoms with van der Waals surface area (Å²) >= 11 is 0. The van der Waals surface area contributed by atoms with Crippen LogP contribution in [-0.2, 0) is 4.79 Å². The molecule has 7 nitrogen and oxygen atoms in total. The second-order valence-corrected chi connectivity index (χ2v) is 7.61. The highest BCUT2D eigenvalue weighted by Gasteiger charge is 2.26. The van der Waals surface area contributed by atoms with Crippen LogP contribution in [0.3, 0.4) is 0 Å². The Kier molecular flexibility index (Phi) is 5.62. The molecule has 4 rings (SSSR count). The summed E-state index contributed by atoms with van der Waals surface area (Å²) in [4.78, 5) is 21.0. The van der Waals surface area contributed by atoms with Crippen LogP contribution in [0.5, 0.6) is 5.75 Å². The van der Waals surface area contributed by atoms with Crippen LogP contribution in [0.25, 0.3) is 22.2 Å². The number of aliphatic hydroxyl groups is 1. The summed E-state index contributed by atoms with van der Waals surface area (Å²) in [5.41, 5.74) is 3.63. The first-order valence-corrected chi connectivity index (χ1v) is 10.1. The monoisotopic (exact) mass is 414 g/mol. The molecule has 2 N–H and O–H groups in total. The van der Waals surface area contributed by atoms with Crippen LogP contribution in [0.4, 0.5) is 0 Å². The maximum absolute atomic E-state index is 11.9. The third-order valence-electron chi connectivity index (χ3n) is 5.51. The molecule has 1 saturated heterocycles. The Labute approximate surface area is 180 Å². The Hall–Kier alpha value is -3.81. The quantitative estimate of drug-likeness (QED) is 0.639. The van der Waals surface area contributed by atoms with Gasteiger partial charge < -0.3 is 19.7 Å². The molecule has 7 heteroatoms. The van der Waals surface area contributed by atoms with E-state index in [0.717, 1.165) is 22.2 Å². The van der Waals surface area contributed by atoms with Gasteiger partial charge in [-0.2, -0.15) is 5.26 Å². The van der Waals surface area contributed by atoms with Crippen molar-refractivity contribution in [1.29, 1.82) is 5.26 Å². The number of amides is 1. The van der Waals surface area contributed by atoms with Crippen molar-refractivity contribution < 1.29 is 14.6 Å². The zero-order chi connectivity index (χ0) is 22.0. The van der Waals surface area contributed by atoms with Gasteiger partial charge in [0.15, 0.2) is 0 Å². The number of aromatic nitrogens is 2. The van der Waals surface area contributed by atoms with Gasteiger partial charge in [-0.1, -0.05) is 12.0 Å². The second kappa shape index (κ2) is 8.51. The predicted octanol–water partition coefficient (Wildman–Crippen LogP) is 2.83. The number of rotatable bonds is 4. The highest BCUT2D eigenvalue weighted by atomic mass is 16.5. The Balaban J connectivity index is 1.53. The number of hydrogen-bond acceptors (Lipinski definition) is 5. The summed E-state index contributed by atoms with van der Waals surface area (Å²) in [7, 11) is 0. The lowest BCUT2D eigenvalue weighted by molar-refractivity contribution is -0.141. The number of pyridine rings is 1. The molecule has 31 heavy (non-hydrogen) atoms. The highest BCUT2D eigenvalue weighted by molar-refractivity contribution is 5.94. The lowest BCUT2D eigenvalue weighted by atomic mass is 10.0. The van der Waals surface area contributed by atoms with Crippen molar-refractivity contribution >= 4 is 16.9 Å². The van der Waals surface area contributed by atoms with Crippen LogP contribution < -0.4 is 4.74 Å². The number of benzene rings is 1. The Morgan fingerprint density at radius 1 is 1.39 bits per heavy atom. The van der Waals surface area contributed by atoms with Gasteiger partial charge in [-0.15, -0.1) is 6.42 Å². The third-order valence-corrected chi connectivity index (χ3v) is 5.51. The first kappa shape index (κ1) is 20.5. The molecule has 0 saturated carbocycles. The molecule has 0 radical (unpaired) electrons. The topological polar surface area (TPSA) is 102 Å². The predicted molar refractivity (Wildman–Crippen MR) is 116 cm³/mol. The van der Waals surface area contributed by atoms with Crippen molar-refractivity contribution in [3.05, 3.63) is 47.8 Å². The number of nitrogens with one attached hydrogen (secondary N) is 1. The zero-order valence-electron chi connectivity index (χ0n) is 17.1. The molecule has 2 aromatic heterocycles. The van der Waals surface area contributed by atoms with E-state index < -0.39 is 6.10 Å². The van der Waals surface area contributed by atoms with Crippen LogP contribution in [-0.4, -0.2) is 51.2 Å². The van der Waals surface area contributed by atoms with Crippen molar-refractivity contribution in [2.24, 2.45) is 0 Å². The lowest BCUT2D eigenvalue weighted by Gasteiger charge is -2.33. The standard InChI is InChI=1S/C24H22N4O3/c1-3-16-10-20-21(14-27-23(20)26-13-16)17-4-5-22(18(11-17)12-25)31-19-6-8-28(9-7-19)24(30)15(2)29/h1,4-5,10-11,13-15,19,29H,6-9H2,2H3,(H,26,27)/t15-/m0/s1. The van der Waals surface area contributed by atoms with E-state index >= 15 is 0 Å². The Bertz CT molecular complexity index is 1210. The summed E-state index contributed by atoms with van der Waals surface area (Å²) in [6.45, 7) is 2.52. The number of fused-ring (bicyclic) bond motifs is 1. The van der Waals surface area contributed by atoms with Crippen molar-refractivity contribution in [2.45, 2.75) is 32.0 Å². The van der Waals surface area contributed by atoms with E-state index in [-0.39, 0.29) is 12.0 Å². The molecule has 1 aliphatic rings. The minimum absolute atomic E-state index is 0.0912. The summed E-state index contributed by atoms with van der Waals surface area (Å²) in [6.07, 6.45) is 9.20. The first-order chi connectivity index (χ1) is 15.0. The number of terminal acetylenes is 1. The number of carbonyl (C=O) groups excluding carboxylic acids is 1. The molecule has 1 aliphatic heterocycles. The molecular formula is C24H22N4O3. The van der Waals surface area contributed by atoms with E-state index in [1.807, 2.05) is 18.3 Å². The number of carbonyl (C=O) groups is 1. The molecule has 1 atom stereocenters. The van der Waals surface area contributed by atoms with E-state index in [4.69, 9.17) is 11.2 Å². The van der Waals surface area contributed by atoms with Crippen molar-refractivity contribution in [3.63, 3.8) is 0 Å². The number of piperidine rings is 1. The van der Waals surface area contributed by atoms with Crippen LogP contribution in [0.2, 0.25) is 0 Å². The summed E-state index contributed by atoms with van der Waals surface area (Å²) in [5, 5.41) is 20.0. The summed E-state index contributed by atoms with van der Waals surface area (Å²) in [5.74, 6) is 2.85. The van der Waals surface area contributed by atoms with E-state index in [1.165, 1.54) is 6.92 Å². The number of hydrogen-bond donors (Lipinski definition) is 2. The van der Waals surface area contributed by atoms with Gasteiger partial charge in [-0.25, -0.2) is 4.98 Å². The van der Waals surface area contributed by atoms with E-state index in [2.05, 4.69) is 22.0 Å². The number of aliphatic hydroxyl groups excluding tert-OH is 1. The van der Waals surface area contributed by atoms with Gasteiger partial charge >= 0.3 is 0 Å². The fraction of sp³-hybridized carbons (Fsp3) is 0.292. The summed E-state index contributed by atoms with van der Waals surface area (Å²) < 4.78 is 6.09. The average Bonchev–Trinajstić information content (AvgIpc) is 3.22. The first-order valence-electron chi connectivity index (χ1n) is 10.1. The molecule has 1 fully saturated rings. The molecule has 0 bridgehead atoms. The minimum atomic E-state index is -0.994. The molecule has 1 aromatic carbocycles. The maximum Gasteiger partial charge on any atom is 0.251 e. The number of nitrogens with zero attached hydrogens (tertiary/aromatic N) is 3. The number of aromatic amines is 1. The SMILES string of the molecule is C#Cc1cnc2[nH]cc(-c3ccc(OC4CCN(C(=O)[C@H](C)O)CC4)c(C#N)c3)c2c1. The van der Waals surface area contributed by atoms with Gasteiger partial charge in [0, 0.05) is 54.8 Å². The smallest absolute Gasteiger partial charge is 0.251 e. The molecule has 0 unspecified atom stereocenters. The fourth-order valence-electron chi connectivity index (χ4n) is 3.85. The molecule has 3 heterocycles. The lowest BCUT2D eigenvalue weighted by Crippen LogP contribution is -2.45. The van der Waals surface area contributed by atoms with Gasteiger partial charge in [-0.3, -0.25) is 4.79 Å². The van der Waals surface area contributed by atoms with E-state index in [0.29, 0.717) is 42.8 Å². The van der Waals surface area contributed by atoms with Gasteiger partial charge in [-0.05, 0) is 30.7 Å². The van der Waals surface area contributed by atoms with Crippen LogP contribution in [0.15, 0.2) is 36.7 Å². The molecule has 3 aromatic rings. The van der Waals surface area contributed by atoms with Crippen molar-refractivity contribution in [3.8, 4) is 35.3 Å². The molecule has 156 valence electrons. The fourth-order valence-corrected chi connectivity index (χ4v) is 3.85. The number of nitriles is 1. The van der Waals surface area contributed by atoms with Gasteiger partial charge in [0.25, 0.3) is 5.91 Å².